The molecule has 0 atom stereocenters. The van der Waals surface area contributed by atoms with Gasteiger partial charge < -0.3 is 14.2 Å². The first-order valence-electron chi connectivity index (χ1n) is 4.72. The maximum Gasteiger partial charge on any atom is 0.220 e. The van der Waals surface area contributed by atoms with Gasteiger partial charge in [0, 0.05) is 13.2 Å². The van der Waals surface area contributed by atoms with Crippen molar-refractivity contribution in [3.63, 3.8) is 0 Å². The molecule has 0 saturated carbocycles. The first-order valence-corrected chi connectivity index (χ1v) is 5.17. The molecule has 0 aliphatic rings. The van der Waals surface area contributed by atoms with Crippen LogP contribution in [0.5, 0.6) is 11.5 Å². The van der Waals surface area contributed by atoms with Crippen LogP contribution in [0, 0.1) is 0 Å². The third kappa shape index (κ3) is 3.43. The molecule has 0 spiro atoms. The summed E-state index contributed by atoms with van der Waals surface area (Å²) < 4.78 is 15.3. The quantitative estimate of drug-likeness (QED) is 0.610. The second kappa shape index (κ2) is 6.40. The highest BCUT2D eigenvalue weighted by molar-refractivity contribution is 7.97. The van der Waals surface area contributed by atoms with E-state index in [4.69, 9.17) is 14.2 Å². The molecule has 0 aliphatic heterocycles. The number of hydrogen-bond acceptors (Lipinski definition) is 4. The predicted octanol–water partition coefficient (Wildman–Crippen LogP) is 1.79. The summed E-state index contributed by atoms with van der Waals surface area (Å²) in [7, 11) is 3.13. The van der Waals surface area contributed by atoms with Crippen LogP contribution < -0.4 is 9.47 Å². The van der Waals surface area contributed by atoms with Gasteiger partial charge in [-0.05, 0) is 12.1 Å². The van der Waals surface area contributed by atoms with Crippen molar-refractivity contribution in [2.75, 3.05) is 27.4 Å². The Labute approximate surface area is 99.9 Å². The minimum atomic E-state index is -0.338. The Morgan fingerprint density at radius 3 is 2.62 bits per heavy atom. The Balaban J connectivity index is 2.87. The first kappa shape index (κ1) is 12.9. The Morgan fingerprint density at radius 2 is 2.06 bits per heavy atom. The highest BCUT2D eigenvalue weighted by atomic mass is 32.1. The van der Waals surface area contributed by atoms with Gasteiger partial charge in [0.2, 0.25) is 5.12 Å². The third-order valence-electron chi connectivity index (χ3n) is 1.96. The normalized spacial score (nSPS) is 9.94. The van der Waals surface area contributed by atoms with E-state index in [1.54, 1.807) is 32.4 Å². The van der Waals surface area contributed by atoms with Gasteiger partial charge in [0.05, 0.1) is 19.3 Å². The van der Waals surface area contributed by atoms with Crippen molar-refractivity contribution in [2.45, 2.75) is 0 Å². The van der Waals surface area contributed by atoms with Crippen molar-refractivity contribution < 1.29 is 19.0 Å². The van der Waals surface area contributed by atoms with Crippen LogP contribution in [0.3, 0.4) is 0 Å². The van der Waals surface area contributed by atoms with Crippen molar-refractivity contribution in [3.8, 4) is 11.5 Å². The summed E-state index contributed by atoms with van der Waals surface area (Å²) in [5.74, 6) is 1.09. The van der Waals surface area contributed by atoms with E-state index < -0.39 is 0 Å². The number of carbonyl (C=O) groups excluding carboxylic acids is 1. The molecule has 0 fully saturated rings. The molecule has 0 saturated heterocycles. The molecule has 0 aromatic heterocycles. The molecule has 0 amide bonds. The summed E-state index contributed by atoms with van der Waals surface area (Å²) in [6.45, 7) is 0.829. The van der Waals surface area contributed by atoms with Gasteiger partial charge in [0.25, 0.3) is 0 Å². The summed E-state index contributed by atoms with van der Waals surface area (Å²) in [4.78, 5) is 11.2. The molecule has 1 aromatic rings. The Kier molecular flexibility index (Phi) is 5.14. The minimum Gasteiger partial charge on any atom is -0.497 e. The van der Waals surface area contributed by atoms with Crippen LogP contribution in [0.2, 0.25) is 0 Å². The van der Waals surface area contributed by atoms with Crippen LogP contribution in [0.15, 0.2) is 18.2 Å². The average molecular weight is 242 g/mol. The second-order valence-corrected chi connectivity index (χ2v) is 3.41. The number of thiol groups is 1. The number of methoxy groups -OCH3 is 2. The topological polar surface area (TPSA) is 44.8 Å². The molecular formula is C11H14O4S. The van der Waals surface area contributed by atoms with Gasteiger partial charge in [-0.25, -0.2) is 0 Å². The zero-order valence-electron chi connectivity index (χ0n) is 9.23. The summed E-state index contributed by atoms with van der Waals surface area (Å²) in [6.07, 6.45) is 0. The fraction of sp³-hybridized carbons (Fsp3) is 0.364. The van der Waals surface area contributed by atoms with Crippen molar-refractivity contribution in [1.29, 1.82) is 0 Å². The largest absolute Gasteiger partial charge is 0.497 e. The highest BCUT2D eigenvalue weighted by Gasteiger charge is 2.10. The average Bonchev–Trinajstić information content (AvgIpc) is 2.29. The molecule has 4 nitrogen and oxygen atoms in total. The lowest BCUT2D eigenvalue weighted by Crippen LogP contribution is -2.07. The summed E-state index contributed by atoms with van der Waals surface area (Å²) in [6, 6.07) is 4.96. The van der Waals surface area contributed by atoms with Crippen LogP contribution in [0.1, 0.15) is 10.4 Å². The molecule has 88 valence electrons. The number of rotatable bonds is 6. The fourth-order valence-electron chi connectivity index (χ4n) is 1.16. The van der Waals surface area contributed by atoms with Gasteiger partial charge in [-0.1, -0.05) is 0 Å². The lowest BCUT2D eigenvalue weighted by atomic mass is 10.2. The molecule has 1 aromatic carbocycles. The number of hydrogen-bond donors (Lipinski definition) is 1. The van der Waals surface area contributed by atoms with E-state index in [0.29, 0.717) is 30.3 Å². The monoisotopic (exact) mass is 242 g/mol. The molecule has 0 N–H and O–H groups in total. The molecule has 0 bridgehead atoms. The van der Waals surface area contributed by atoms with Gasteiger partial charge >= 0.3 is 0 Å². The number of benzene rings is 1. The SMILES string of the molecule is COCCOc1cc(OC)ccc1C(=O)S. The number of carbonyl (C=O) groups is 1. The van der Waals surface area contributed by atoms with E-state index in [1.165, 1.54) is 0 Å². The van der Waals surface area contributed by atoms with Crippen molar-refractivity contribution >= 4 is 17.7 Å². The van der Waals surface area contributed by atoms with Gasteiger partial charge in [-0.15, -0.1) is 12.6 Å². The first-order chi connectivity index (χ1) is 7.69. The van der Waals surface area contributed by atoms with Gasteiger partial charge in [0.15, 0.2) is 0 Å². The van der Waals surface area contributed by atoms with Crippen LogP contribution >= 0.6 is 12.6 Å². The van der Waals surface area contributed by atoms with E-state index in [0.717, 1.165) is 0 Å². The van der Waals surface area contributed by atoms with Crippen molar-refractivity contribution in [3.05, 3.63) is 23.8 Å². The maximum absolute atomic E-state index is 11.2. The van der Waals surface area contributed by atoms with Crippen LogP contribution in [0.25, 0.3) is 0 Å². The number of ether oxygens (including phenoxy) is 3. The van der Waals surface area contributed by atoms with Gasteiger partial charge in [-0.3, -0.25) is 4.79 Å². The minimum absolute atomic E-state index is 0.338. The lowest BCUT2D eigenvalue weighted by molar-refractivity contribution is 0.108. The molecule has 5 heteroatoms. The molecule has 0 radical (unpaired) electrons. The van der Waals surface area contributed by atoms with Crippen LogP contribution in [-0.2, 0) is 4.74 Å². The van der Waals surface area contributed by atoms with E-state index in [-0.39, 0.29) is 5.12 Å². The lowest BCUT2D eigenvalue weighted by Gasteiger charge is -2.10. The molecule has 16 heavy (non-hydrogen) atoms. The smallest absolute Gasteiger partial charge is 0.220 e. The summed E-state index contributed by atoms with van der Waals surface area (Å²) in [5.41, 5.74) is 0.417. The van der Waals surface area contributed by atoms with Gasteiger partial charge in [-0.2, -0.15) is 0 Å². The highest BCUT2D eigenvalue weighted by Crippen LogP contribution is 2.25. The molecular weight excluding hydrogens is 228 g/mol. The van der Waals surface area contributed by atoms with Crippen molar-refractivity contribution in [2.24, 2.45) is 0 Å². The Morgan fingerprint density at radius 1 is 1.31 bits per heavy atom. The zero-order valence-corrected chi connectivity index (χ0v) is 10.1. The van der Waals surface area contributed by atoms with E-state index >= 15 is 0 Å². The van der Waals surface area contributed by atoms with E-state index in [1.807, 2.05) is 0 Å². The summed E-state index contributed by atoms with van der Waals surface area (Å²) in [5, 5.41) is -0.338. The van der Waals surface area contributed by atoms with Crippen molar-refractivity contribution in [1.82, 2.24) is 0 Å². The van der Waals surface area contributed by atoms with E-state index in [2.05, 4.69) is 12.6 Å². The third-order valence-corrected chi connectivity index (χ3v) is 2.21. The fourth-order valence-corrected chi connectivity index (χ4v) is 1.35. The standard InChI is InChI=1S/C11H14O4S/c1-13-5-6-15-10-7-8(14-2)3-4-9(10)11(12)16/h3-4,7H,5-6H2,1-2H3,(H,12,16). The molecule has 0 aliphatic carbocycles. The van der Waals surface area contributed by atoms with Crippen LogP contribution in [-0.4, -0.2) is 32.5 Å². The molecule has 1 rings (SSSR count). The summed E-state index contributed by atoms with van der Waals surface area (Å²) >= 11 is 3.77. The zero-order chi connectivity index (χ0) is 12.0. The predicted molar refractivity (Wildman–Crippen MR) is 63.7 cm³/mol. The second-order valence-electron chi connectivity index (χ2n) is 3.01. The van der Waals surface area contributed by atoms with Gasteiger partial charge in [0.1, 0.15) is 18.1 Å². The van der Waals surface area contributed by atoms with Crippen LogP contribution in [0.4, 0.5) is 0 Å². The van der Waals surface area contributed by atoms with E-state index in [9.17, 15) is 4.79 Å². The maximum atomic E-state index is 11.2. The Hall–Kier alpha value is -1.20. The molecule has 0 unspecified atom stereocenters. The molecule has 0 heterocycles. The Bertz CT molecular complexity index is 365.